The molecule has 6 nitrogen and oxygen atoms in total. The van der Waals surface area contributed by atoms with Gasteiger partial charge >= 0.3 is 5.63 Å². The van der Waals surface area contributed by atoms with Crippen molar-refractivity contribution in [1.82, 2.24) is 9.88 Å². The Balaban J connectivity index is 1.87. The van der Waals surface area contributed by atoms with Gasteiger partial charge in [-0.25, -0.2) is 4.79 Å². The van der Waals surface area contributed by atoms with Crippen LogP contribution in [-0.2, 0) is 11.3 Å². The number of hydrogen-bond acceptors (Lipinski definition) is 5. The summed E-state index contributed by atoms with van der Waals surface area (Å²) in [5.41, 5.74) is 1.06. The average molecular weight is 356 g/mol. The molecular weight excluding hydrogens is 332 g/mol. The average Bonchev–Trinajstić information content (AvgIpc) is 3.16. The van der Waals surface area contributed by atoms with Crippen molar-refractivity contribution in [2.45, 2.75) is 45.8 Å². The van der Waals surface area contributed by atoms with Gasteiger partial charge in [0.15, 0.2) is 0 Å². The van der Waals surface area contributed by atoms with E-state index in [1.165, 1.54) is 0 Å². The first-order valence-electron chi connectivity index (χ1n) is 9.04. The standard InChI is InChI=1S/C20H24N2O4/c1-3-9-22(13-15-6-4-8-21-12-15)19(23)18-14(2)11-17(26-20(18)24)16-7-5-10-25-16/h4,6,8,11-12,16H,3,5,7,9-10,13H2,1-2H3. The molecule has 0 radical (unpaired) electrons. The fourth-order valence-corrected chi connectivity index (χ4v) is 3.24. The van der Waals surface area contributed by atoms with Crippen molar-refractivity contribution in [3.05, 3.63) is 63.5 Å². The smallest absolute Gasteiger partial charge is 0.349 e. The number of carbonyl (C=O) groups is 1. The molecule has 6 heteroatoms. The predicted molar refractivity (Wildman–Crippen MR) is 96.9 cm³/mol. The molecule has 26 heavy (non-hydrogen) atoms. The summed E-state index contributed by atoms with van der Waals surface area (Å²) < 4.78 is 11.0. The lowest BCUT2D eigenvalue weighted by atomic mass is 10.1. The van der Waals surface area contributed by atoms with Gasteiger partial charge in [-0.05, 0) is 49.4 Å². The minimum Gasteiger partial charge on any atom is -0.424 e. The van der Waals surface area contributed by atoms with Gasteiger partial charge in [-0.3, -0.25) is 9.78 Å². The Morgan fingerprint density at radius 2 is 2.27 bits per heavy atom. The van der Waals surface area contributed by atoms with Crippen molar-refractivity contribution in [1.29, 1.82) is 0 Å². The molecule has 0 N–H and O–H groups in total. The molecule has 0 aromatic carbocycles. The van der Waals surface area contributed by atoms with E-state index in [1.807, 2.05) is 19.1 Å². The van der Waals surface area contributed by atoms with Gasteiger partial charge in [0, 0.05) is 32.1 Å². The first kappa shape index (κ1) is 18.3. The van der Waals surface area contributed by atoms with Gasteiger partial charge in [0.2, 0.25) is 0 Å². The number of amides is 1. The zero-order valence-electron chi connectivity index (χ0n) is 15.2. The van der Waals surface area contributed by atoms with Gasteiger partial charge in [-0.1, -0.05) is 13.0 Å². The molecule has 1 atom stereocenters. The summed E-state index contributed by atoms with van der Waals surface area (Å²) >= 11 is 0. The minimum absolute atomic E-state index is 0.101. The van der Waals surface area contributed by atoms with Crippen LogP contribution in [0.25, 0.3) is 0 Å². The summed E-state index contributed by atoms with van der Waals surface area (Å²) in [7, 11) is 0. The third-order valence-corrected chi connectivity index (χ3v) is 4.51. The number of nitrogens with zero attached hydrogens (tertiary/aromatic N) is 2. The number of rotatable bonds is 6. The summed E-state index contributed by atoms with van der Waals surface area (Å²) in [5.74, 6) is 0.205. The Bertz CT molecular complexity index is 810. The van der Waals surface area contributed by atoms with Gasteiger partial charge < -0.3 is 14.1 Å². The SMILES string of the molecule is CCCN(Cc1cccnc1)C(=O)c1c(C)cc(C2CCCO2)oc1=O. The predicted octanol–water partition coefficient (Wildman–Crippen LogP) is 3.25. The maximum absolute atomic E-state index is 13.0. The molecule has 3 rings (SSSR count). The number of aromatic nitrogens is 1. The Hall–Kier alpha value is -2.47. The van der Waals surface area contributed by atoms with Crippen molar-refractivity contribution >= 4 is 5.91 Å². The van der Waals surface area contributed by atoms with E-state index in [2.05, 4.69) is 4.98 Å². The van der Waals surface area contributed by atoms with E-state index in [0.29, 0.717) is 31.0 Å². The normalized spacial score (nSPS) is 16.6. The zero-order chi connectivity index (χ0) is 18.5. The lowest BCUT2D eigenvalue weighted by Gasteiger charge is -2.22. The van der Waals surface area contributed by atoms with E-state index in [4.69, 9.17) is 9.15 Å². The van der Waals surface area contributed by atoms with Crippen molar-refractivity contribution in [2.24, 2.45) is 0 Å². The summed E-state index contributed by atoms with van der Waals surface area (Å²) in [6, 6.07) is 5.51. The second kappa shape index (κ2) is 8.27. The fraction of sp³-hybridized carbons (Fsp3) is 0.450. The van der Waals surface area contributed by atoms with E-state index in [0.717, 1.165) is 24.8 Å². The van der Waals surface area contributed by atoms with Crippen LogP contribution in [0.2, 0.25) is 0 Å². The largest absolute Gasteiger partial charge is 0.424 e. The van der Waals surface area contributed by atoms with Crippen molar-refractivity contribution in [3.8, 4) is 0 Å². The van der Waals surface area contributed by atoms with Gasteiger partial charge in [-0.2, -0.15) is 0 Å². The molecule has 1 aliphatic heterocycles. The summed E-state index contributed by atoms with van der Waals surface area (Å²) in [6.07, 6.45) is 5.81. The molecule has 2 aromatic rings. The molecule has 0 bridgehead atoms. The van der Waals surface area contributed by atoms with E-state index < -0.39 is 5.63 Å². The number of hydrogen-bond donors (Lipinski definition) is 0. The molecule has 3 heterocycles. The first-order chi connectivity index (χ1) is 12.6. The van der Waals surface area contributed by atoms with Crippen LogP contribution in [0, 0.1) is 6.92 Å². The molecule has 0 spiro atoms. The van der Waals surface area contributed by atoms with Gasteiger partial charge in [-0.15, -0.1) is 0 Å². The van der Waals surface area contributed by atoms with Crippen LogP contribution in [0.4, 0.5) is 0 Å². The number of pyridine rings is 1. The highest BCUT2D eigenvalue weighted by Gasteiger charge is 2.26. The molecule has 1 amide bonds. The maximum Gasteiger partial charge on any atom is 0.349 e. The Morgan fingerprint density at radius 1 is 1.42 bits per heavy atom. The van der Waals surface area contributed by atoms with Crippen LogP contribution in [0.1, 0.15) is 59.5 Å². The highest BCUT2D eigenvalue weighted by atomic mass is 16.5. The van der Waals surface area contributed by atoms with Gasteiger partial charge in [0.05, 0.1) is 0 Å². The molecule has 1 unspecified atom stereocenters. The van der Waals surface area contributed by atoms with Crippen LogP contribution in [0.15, 0.2) is 39.8 Å². The molecule has 1 fully saturated rings. The van der Waals surface area contributed by atoms with Crippen LogP contribution in [0.3, 0.4) is 0 Å². The second-order valence-electron chi connectivity index (χ2n) is 6.58. The lowest BCUT2D eigenvalue weighted by molar-refractivity contribution is 0.0728. The highest BCUT2D eigenvalue weighted by Crippen LogP contribution is 2.28. The van der Waals surface area contributed by atoms with Crippen LogP contribution < -0.4 is 5.63 Å². The van der Waals surface area contributed by atoms with E-state index in [-0.39, 0.29) is 17.6 Å². The van der Waals surface area contributed by atoms with Gasteiger partial charge in [0.1, 0.15) is 17.4 Å². The molecule has 1 aliphatic rings. The highest BCUT2D eigenvalue weighted by molar-refractivity contribution is 5.95. The Morgan fingerprint density at radius 3 is 2.88 bits per heavy atom. The van der Waals surface area contributed by atoms with E-state index in [9.17, 15) is 9.59 Å². The quantitative estimate of drug-likeness (QED) is 0.794. The van der Waals surface area contributed by atoms with Gasteiger partial charge in [0.25, 0.3) is 5.91 Å². The summed E-state index contributed by atoms with van der Waals surface area (Å²) in [6.45, 7) is 5.41. The third-order valence-electron chi connectivity index (χ3n) is 4.51. The molecular formula is C20H24N2O4. The number of aryl methyl sites for hydroxylation is 1. The monoisotopic (exact) mass is 356 g/mol. The fourth-order valence-electron chi connectivity index (χ4n) is 3.24. The molecule has 138 valence electrons. The first-order valence-corrected chi connectivity index (χ1v) is 9.04. The van der Waals surface area contributed by atoms with Crippen LogP contribution >= 0.6 is 0 Å². The Kier molecular flexibility index (Phi) is 5.83. The minimum atomic E-state index is -0.590. The molecule has 1 saturated heterocycles. The second-order valence-corrected chi connectivity index (χ2v) is 6.58. The van der Waals surface area contributed by atoms with Crippen LogP contribution in [-0.4, -0.2) is 28.9 Å². The van der Waals surface area contributed by atoms with E-state index >= 15 is 0 Å². The molecule has 0 saturated carbocycles. The number of carbonyl (C=O) groups excluding carboxylic acids is 1. The van der Waals surface area contributed by atoms with Crippen molar-refractivity contribution in [2.75, 3.05) is 13.2 Å². The van der Waals surface area contributed by atoms with Crippen molar-refractivity contribution in [3.63, 3.8) is 0 Å². The molecule has 2 aromatic heterocycles. The lowest BCUT2D eigenvalue weighted by Crippen LogP contribution is -2.35. The maximum atomic E-state index is 13.0. The van der Waals surface area contributed by atoms with E-state index in [1.54, 1.807) is 30.3 Å². The summed E-state index contributed by atoms with van der Waals surface area (Å²) in [5, 5.41) is 0. The zero-order valence-corrected chi connectivity index (χ0v) is 15.2. The van der Waals surface area contributed by atoms with Crippen molar-refractivity contribution < 1.29 is 13.9 Å². The number of ether oxygens (including phenoxy) is 1. The topological polar surface area (TPSA) is 72.6 Å². The van der Waals surface area contributed by atoms with Crippen LogP contribution in [0.5, 0.6) is 0 Å². The Labute approximate surface area is 152 Å². The third kappa shape index (κ3) is 4.02. The summed E-state index contributed by atoms with van der Waals surface area (Å²) in [4.78, 5) is 31.3. The molecule has 0 aliphatic carbocycles.